The van der Waals surface area contributed by atoms with Gasteiger partial charge in [-0.15, -0.1) is 0 Å². The number of carbonyl (C=O) groups excluding carboxylic acids is 1. The molecule has 0 saturated heterocycles. The van der Waals surface area contributed by atoms with Crippen molar-refractivity contribution in [1.82, 2.24) is 4.31 Å². The summed E-state index contributed by atoms with van der Waals surface area (Å²) in [6.45, 7) is 2.30. The van der Waals surface area contributed by atoms with Gasteiger partial charge in [-0.1, -0.05) is 60.4 Å². The van der Waals surface area contributed by atoms with E-state index in [-0.39, 0.29) is 5.78 Å². The molecule has 6 heteroatoms. The lowest BCUT2D eigenvalue weighted by atomic mass is 10.0. The van der Waals surface area contributed by atoms with E-state index in [1.165, 1.54) is 16.8 Å². The molecule has 0 atom stereocenters. The summed E-state index contributed by atoms with van der Waals surface area (Å²) in [5.74, 6) is 6.07. The van der Waals surface area contributed by atoms with Crippen molar-refractivity contribution in [2.75, 3.05) is 11.3 Å². The van der Waals surface area contributed by atoms with Gasteiger partial charge in [-0.05, 0) is 48.7 Å². The summed E-state index contributed by atoms with van der Waals surface area (Å²) in [5.41, 5.74) is 4.61. The second kappa shape index (κ2) is 8.76. The number of benzene rings is 3. The Kier molecular flexibility index (Phi) is 5.90. The summed E-state index contributed by atoms with van der Waals surface area (Å²) >= 11 is 0. The predicted molar refractivity (Wildman–Crippen MR) is 122 cm³/mol. The topological polar surface area (TPSA) is 66.5 Å². The minimum atomic E-state index is -3.72. The van der Waals surface area contributed by atoms with E-state index in [2.05, 4.69) is 16.6 Å². The Morgan fingerprint density at radius 2 is 1.58 bits per heavy atom. The van der Waals surface area contributed by atoms with Gasteiger partial charge in [-0.2, -0.15) is 12.7 Å². The van der Waals surface area contributed by atoms with E-state index in [0.29, 0.717) is 36.3 Å². The summed E-state index contributed by atoms with van der Waals surface area (Å²) in [6.07, 6.45) is 0.689. The third-order valence-electron chi connectivity index (χ3n) is 5.23. The lowest BCUT2D eigenvalue weighted by Crippen LogP contribution is -2.39. The molecule has 1 heterocycles. The molecule has 0 fully saturated rings. The highest BCUT2D eigenvalue weighted by Crippen LogP contribution is 2.23. The lowest BCUT2D eigenvalue weighted by Gasteiger charge is -2.28. The maximum Gasteiger partial charge on any atom is 0.301 e. The Morgan fingerprint density at radius 1 is 0.903 bits per heavy atom. The number of ketones is 1. The van der Waals surface area contributed by atoms with Gasteiger partial charge in [0.05, 0.1) is 5.69 Å². The van der Waals surface area contributed by atoms with E-state index in [4.69, 9.17) is 0 Å². The van der Waals surface area contributed by atoms with Crippen LogP contribution in [0.1, 0.15) is 39.5 Å². The second-order valence-electron chi connectivity index (χ2n) is 7.39. The number of nitrogens with zero attached hydrogens (tertiary/aromatic N) is 1. The molecule has 0 bridgehead atoms. The molecule has 4 rings (SSSR count). The number of hydrogen-bond donors (Lipinski definition) is 1. The monoisotopic (exact) mass is 430 g/mol. The van der Waals surface area contributed by atoms with Crippen molar-refractivity contribution in [3.63, 3.8) is 0 Å². The van der Waals surface area contributed by atoms with Crippen molar-refractivity contribution >= 4 is 21.7 Å². The quantitative estimate of drug-likeness (QED) is 0.503. The smallest absolute Gasteiger partial charge is 0.295 e. The third kappa shape index (κ3) is 4.85. The normalized spacial score (nSPS) is 13.6. The Balaban J connectivity index is 1.55. The zero-order valence-corrected chi connectivity index (χ0v) is 17.9. The molecule has 0 saturated carbocycles. The Labute approximate surface area is 182 Å². The summed E-state index contributed by atoms with van der Waals surface area (Å²) in [7, 11) is -3.72. The SMILES string of the molecule is CC(=O)c1ccc(C#Cc2ccccc2NS(=O)(=O)N2CCc3ccccc3C2)cc1. The average molecular weight is 431 g/mol. The first-order chi connectivity index (χ1) is 14.9. The van der Waals surface area contributed by atoms with Crippen LogP contribution in [0.2, 0.25) is 0 Å². The fraction of sp³-hybridized carbons (Fsp3) is 0.160. The van der Waals surface area contributed by atoms with Gasteiger partial charge >= 0.3 is 10.2 Å². The van der Waals surface area contributed by atoms with Crippen LogP contribution < -0.4 is 4.72 Å². The van der Waals surface area contributed by atoms with Crippen LogP contribution in [0.5, 0.6) is 0 Å². The first-order valence-electron chi connectivity index (χ1n) is 9.99. The minimum absolute atomic E-state index is 0.000373. The average Bonchev–Trinajstić information content (AvgIpc) is 2.78. The molecule has 156 valence electrons. The van der Waals surface area contributed by atoms with Gasteiger partial charge in [0.25, 0.3) is 0 Å². The van der Waals surface area contributed by atoms with Crippen molar-refractivity contribution in [1.29, 1.82) is 0 Å². The fourth-order valence-electron chi connectivity index (χ4n) is 3.49. The third-order valence-corrected chi connectivity index (χ3v) is 6.70. The van der Waals surface area contributed by atoms with Gasteiger partial charge in [0.1, 0.15) is 0 Å². The minimum Gasteiger partial charge on any atom is -0.295 e. The number of para-hydroxylation sites is 1. The van der Waals surface area contributed by atoms with Crippen LogP contribution in [-0.4, -0.2) is 25.1 Å². The standard InChI is InChI=1S/C25H22N2O3S/c1-19(28)21-13-10-20(11-14-21)12-15-23-7-4-5-9-25(23)26-31(29,30)27-17-16-22-6-2-3-8-24(22)18-27/h2-11,13-14,26H,16-18H2,1H3. The Morgan fingerprint density at radius 3 is 2.32 bits per heavy atom. The van der Waals surface area contributed by atoms with Gasteiger partial charge < -0.3 is 0 Å². The molecule has 3 aromatic carbocycles. The number of nitrogens with one attached hydrogen (secondary N) is 1. The van der Waals surface area contributed by atoms with Crippen LogP contribution in [0.25, 0.3) is 0 Å². The van der Waals surface area contributed by atoms with E-state index in [9.17, 15) is 13.2 Å². The van der Waals surface area contributed by atoms with Crippen LogP contribution in [0.15, 0.2) is 72.8 Å². The van der Waals surface area contributed by atoms with Gasteiger partial charge in [0, 0.05) is 29.8 Å². The van der Waals surface area contributed by atoms with Gasteiger partial charge in [-0.3, -0.25) is 9.52 Å². The van der Waals surface area contributed by atoms with Gasteiger partial charge in [0.15, 0.2) is 5.78 Å². The van der Waals surface area contributed by atoms with E-state index in [1.807, 2.05) is 30.3 Å². The first kappa shape index (κ1) is 20.9. The van der Waals surface area contributed by atoms with E-state index in [1.54, 1.807) is 42.5 Å². The van der Waals surface area contributed by atoms with Crippen molar-refractivity contribution < 1.29 is 13.2 Å². The highest BCUT2D eigenvalue weighted by Gasteiger charge is 2.26. The molecule has 0 unspecified atom stereocenters. The van der Waals surface area contributed by atoms with Crippen molar-refractivity contribution in [2.24, 2.45) is 0 Å². The van der Waals surface area contributed by atoms with Crippen LogP contribution >= 0.6 is 0 Å². The maximum absolute atomic E-state index is 13.0. The Bertz CT molecular complexity index is 1290. The molecule has 5 nitrogen and oxygen atoms in total. The fourth-order valence-corrected chi connectivity index (χ4v) is 4.71. The molecule has 31 heavy (non-hydrogen) atoms. The first-order valence-corrected chi connectivity index (χ1v) is 11.4. The molecule has 3 aromatic rings. The van der Waals surface area contributed by atoms with Crippen molar-refractivity contribution in [3.8, 4) is 11.8 Å². The van der Waals surface area contributed by atoms with Crippen molar-refractivity contribution in [3.05, 3.63) is 101 Å². The van der Waals surface area contributed by atoms with Crippen LogP contribution in [-0.2, 0) is 23.2 Å². The summed E-state index contributed by atoms with van der Waals surface area (Å²) in [6, 6.07) is 22.0. The zero-order valence-electron chi connectivity index (χ0n) is 17.1. The highest BCUT2D eigenvalue weighted by atomic mass is 32.2. The van der Waals surface area contributed by atoms with Crippen LogP contribution in [0.4, 0.5) is 5.69 Å². The molecule has 0 spiro atoms. The number of Topliss-reactive ketones (excluding diaryl/α,β-unsaturated/α-hetero) is 1. The van der Waals surface area contributed by atoms with E-state index < -0.39 is 10.2 Å². The summed E-state index contributed by atoms with van der Waals surface area (Å²) in [4.78, 5) is 11.4. The second-order valence-corrected chi connectivity index (χ2v) is 9.06. The molecule has 1 N–H and O–H groups in total. The van der Waals surface area contributed by atoms with E-state index >= 15 is 0 Å². The zero-order chi connectivity index (χ0) is 21.8. The van der Waals surface area contributed by atoms with Crippen LogP contribution in [0.3, 0.4) is 0 Å². The number of anilines is 1. The Hall–Kier alpha value is -3.40. The summed E-state index contributed by atoms with van der Waals surface area (Å²) < 4.78 is 30.2. The summed E-state index contributed by atoms with van der Waals surface area (Å²) in [5, 5.41) is 0. The van der Waals surface area contributed by atoms with Crippen molar-refractivity contribution in [2.45, 2.75) is 19.9 Å². The number of hydrogen-bond acceptors (Lipinski definition) is 3. The maximum atomic E-state index is 13.0. The molecule has 0 aliphatic carbocycles. The highest BCUT2D eigenvalue weighted by molar-refractivity contribution is 7.90. The van der Waals surface area contributed by atoms with Crippen LogP contribution in [0, 0.1) is 11.8 Å². The molecule has 1 aliphatic heterocycles. The molecule has 0 amide bonds. The van der Waals surface area contributed by atoms with Gasteiger partial charge in [0.2, 0.25) is 0 Å². The molecule has 1 aliphatic rings. The predicted octanol–water partition coefficient (Wildman–Crippen LogP) is 4.00. The number of rotatable bonds is 4. The molecule has 0 aromatic heterocycles. The lowest BCUT2D eigenvalue weighted by molar-refractivity contribution is 0.101. The molecule has 0 radical (unpaired) electrons. The largest absolute Gasteiger partial charge is 0.301 e. The molecular weight excluding hydrogens is 408 g/mol. The number of fused-ring (bicyclic) bond motifs is 1. The molecular formula is C25H22N2O3S. The van der Waals surface area contributed by atoms with Gasteiger partial charge in [-0.25, -0.2) is 0 Å². The van der Waals surface area contributed by atoms with E-state index in [0.717, 1.165) is 11.1 Å². The number of carbonyl (C=O) groups is 1.